The Labute approximate surface area is 309 Å². The Morgan fingerprint density at radius 3 is 2.41 bits per heavy atom. The van der Waals surface area contributed by atoms with Gasteiger partial charge in [-0.2, -0.15) is 0 Å². The van der Waals surface area contributed by atoms with Crippen molar-refractivity contribution < 1.29 is 27.4 Å². The van der Waals surface area contributed by atoms with Crippen LogP contribution in [0, 0.1) is 23.7 Å². The van der Waals surface area contributed by atoms with Crippen LogP contribution in [-0.4, -0.2) is 75.2 Å². The number of hydrogen-bond donors (Lipinski definition) is 1. The summed E-state index contributed by atoms with van der Waals surface area (Å²) in [6.45, 7) is 12.7. The van der Waals surface area contributed by atoms with Crippen LogP contribution in [0.15, 0.2) is 36.4 Å². The van der Waals surface area contributed by atoms with Gasteiger partial charge in [0.05, 0.1) is 30.2 Å². The zero-order valence-corrected chi connectivity index (χ0v) is 32.3. The molecule has 280 valence electrons. The van der Waals surface area contributed by atoms with Crippen molar-refractivity contribution in [2.45, 2.75) is 115 Å². The zero-order valence-electron chi connectivity index (χ0n) is 30.7. The molecule has 4 heterocycles. The summed E-state index contributed by atoms with van der Waals surface area (Å²) in [6, 6.07) is 11.6. The highest BCUT2D eigenvalue weighted by Gasteiger charge is 2.46. The number of likely N-dealkylation sites (tertiary alicyclic amines) is 1. The molecule has 0 spiro atoms. The van der Waals surface area contributed by atoms with Crippen molar-refractivity contribution in [3.63, 3.8) is 0 Å². The summed E-state index contributed by atoms with van der Waals surface area (Å²) in [6.07, 6.45) is 8.57. The van der Waals surface area contributed by atoms with E-state index in [1.807, 2.05) is 37.3 Å². The highest BCUT2D eigenvalue weighted by atomic mass is 35.5. The highest BCUT2D eigenvalue weighted by molar-refractivity contribution is 7.90. The van der Waals surface area contributed by atoms with Gasteiger partial charge >= 0.3 is 0 Å². The van der Waals surface area contributed by atoms with Crippen LogP contribution in [-0.2, 0) is 32.5 Å². The maximum absolute atomic E-state index is 13.6. The summed E-state index contributed by atoms with van der Waals surface area (Å²) in [5.41, 5.74) is 3.63. The fraction of sp³-hybridized carbons (Fsp3) is 0.675. The SMILES string of the molecule is C[C@@H]1[C@@H](C)CCC[C@@H]([C@H]2OC[C@H](N3CCC3(C)C)CO2)[C@@H]2CC[C@H]2CN2CCCCc3cc(Cl)ccc3COc3ccc(cc32)C(=O)NS1(=O)=O. The molecule has 2 saturated heterocycles. The lowest BCUT2D eigenvalue weighted by Gasteiger charge is -2.54. The minimum absolute atomic E-state index is 0.124. The topological polar surface area (TPSA) is 97.4 Å². The largest absolute Gasteiger partial charge is 0.487 e. The molecule has 1 aliphatic carbocycles. The van der Waals surface area contributed by atoms with Gasteiger partial charge in [-0.25, -0.2) is 13.1 Å². The van der Waals surface area contributed by atoms with E-state index in [0.717, 1.165) is 87.3 Å². The van der Waals surface area contributed by atoms with Crippen LogP contribution in [0.1, 0.15) is 101 Å². The zero-order chi connectivity index (χ0) is 35.9. The molecule has 2 aromatic carbocycles. The third-order valence-corrected chi connectivity index (χ3v) is 15.0. The molecule has 2 aromatic rings. The lowest BCUT2D eigenvalue weighted by molar-refractivity contribution is -0.255. The average molecular weight is 742 g/mol. The number of carbonyl (C=O) groups is 1. The standard InChI is InChI=1S/C40H56ClN3O6S/c1-26-8-7-10-35(39-49-24-33(25-50-39)44-19-17-40(44,3)4)34-15-12-30(34)22-43-18-6-5-9-28-20-32(41)14-11-31(28)23-48-37-16-13-29(21-36(37)43)38(45)42-51(46,47)27(26)2/h11,13-14,16,20-21,26-27,30,33-35,39H,5-10,12,15,17-19,22-25H2,1-4H3,(H,42,45)/t26-,27+,30-,33-,34+,35+,39-/m0/s1. The smallest absolute Gasteiger partial charge is 0.264 e. The van der Waals surface area contributed by atoms with Crippen molar-refractivity contribution in [3.8, 4) is 5.75 Å². The maximum Gasteiger partial charge on any atom is 0.264 e. The van der Waals surface area contributed by atoms with Gasteiger partial charge in [-0.1, -0.05) is 31.0 Å². The quantitative estimate of drug-likeness (QED) is 0.346. The van der Waals surface area contributed by atoms with Gasteiger partial charge in [-0.05, 0) is 131 Å². The minimum Gasteiger partial charge on any atom is -0.487 e. The number of carbonyl (C=O) groups excluding carboxylic acids is 1. The second-order valence-electron chi connectivity index (χ2n) is 16.5. The molecule has 0 unspecified atom stereocenters. The van der Waals surface area contributed by atoms with E-state index in [4.69, 9.17) is 25.8 Å². The predicted octanol–water partition coefficient (Wildman–Crippen LogP) is 7.20. The first-order valence-corrected chi connectivity index (χ1v) is 21.2. The Kier molecular flexibility index (Phi) is 11.0. The number of halogens is 1. The number of benzene rings is 2. The van der Waals surface area contributed by atoms with Gasteiger partial charge in [0.25, 0.3) is 5.91 Å². The number of amides is 1. The van der Waals surface area contributed by atoms with Crippen molar-refractivity contribution >= 4 is 33.2 Å². The number of fused-ring (bicyclic) bond motifs is 3. The van der Waals surface area contributed by atoms with Crippen LogP contribution < -0.4 is 14.4 Å². The average Bonchev–Trinajstić information content (AvgIpc) is 3.11. The van der Waals surface area contributed by atoms with Crippen molar-refractivity contribution in [1.29, 1.82) is 0 Å². The third kappa shape index (κ3) is 7.96. The summed E-state index contributed by atoms with van der Waals surface area (Å²) in [5.74, 6) is 1.05. The summed E-state index contributed by atoms with van der Waals surface area (Å²) >= 11 is 6.39. The van der Waals surface area contributed by atoms with Gasteiger partial charge in [0, 0.05) is 41.7 Å². The molecule has 2 bridgehead atoms. The Balaban J connectivity index is 1.19. The van der Waals surface area contributed by atoms with Gasteiger partial charge in [-0.15, -0.1) is 0 Å². The monoisotopic (exact) mass is 741 g/mol. The Morgan fingerprint density at radius 2 is 1.71 bits per heavy atom. The fourth-order valence-electron chi connectivity index (χ4n) is 9.10. The minimum atomic E-state index is -3.91. The molecular formula is C40H56ClN3O6S. The fourth-order valence-corrected chi connectivity index (χ4v) is 10.6. The van der Waals surface area contributed by atoms with Gasteiger partial charge < -0.3 is 19.1 Å². The molecule has 4 aliphatic heterocycles. The van der Waals surface area contributed by atoms with E-state index in [-0.39, 0.29) is 29.7 Å². The summed E-state index contributed by atoms with van der Waals surface area (Å²) < 4.78 is 49.2. The number of nitrogens with zero attached hydrogens (tertiary/aromatic N) is 2. The van der Waals surface area contributed by atoms with Crippen molar-refractivity contribution in [2.75, 3.05) is 37.7 Å². The van der Waals surface area contributed by atoms with Crippen LogP contribution >= 0.6 is 11.6 Å². The molecular weight excluding hydrogens is 686 g/mol. The molecule has 7 rings (SSSR count). The normalized spacial score (nSPS) is 33.2. The van der Waals surface area contributed by atoms with E-state index < -0.39 is 21.2 Å². The number of aryl methyl sites for hydroxylation is 1. The first kappa shape index (κ1) is 37.0. The number of hydrogen-bond acceptors (Lipinski definition) is 8. The van der Waals surface area contributed by atoms with Gasteiger partial charge in [-0.3, -0.25) is 9.69 Å². The van der Waals surface area contributed by atoms with E-state index in [0.29, 0.717) is 43.0 Å². The van der Waals surface area contributed by atoms with E-state index in [1.165, 1.54) is 12.0 Å². The van der Waals surface area contributed by atoms with Crippen LogP contribution in [0.3, 0.4) is 0 Å². The number of anilines is 1. The second-order valence-corrected chi connectivity index (χ2v) is 19.0. The summed E-state index contributed by atoms with van der Waals surface area (Å²) in [4.78, 5) is 18.5. The molecule has 0 aromatic heterocycles. The highest BCUT2D eigenvalue weighted by Crippen LogP contribution is 2.47. The van der Waals surface area contributed by atoms with Crippen LogP contribution in [0.2, 0.25) is 5.02 Å². The Morgan fingerprint density at radius 1 is 0.902 bits per heavy atom. The number of ether oxygens (including phenoxy) is 3. The second kappa shape index (κ2) is 15.2. The molecule has 0 radical (unpaired) electrons. The van der Waals surface area contributed by atoms with Gasteiger partial charge in [0.1, 0.15) is 12.4 Å². The Bertz CT molecular complexity index is 1680. The molecule has 1 saturated carbocycles. The molecule has 5 aliphatic rings. The van der Waals surface area contributed by atoms with Gasteiger partial charge in [0.2, 0.25) is 10.0 Å². The first-order chi connectivity index (χ1) is 24.4. The van der Waals surface area contributed by atoms with Gasteiger partial charge in [0.15, 0.2) is 6.29 Å². The third-order valence-electron chi connectivity index (χ3n) is 12.9. The number of rotatable bonds is 2. The molecule has 9 nitrogen and oxygen atoms in total. The molecule has 1 N–H and O–H groups in total. The Hall–Kier alpha value is -2.37. The molecule has 51 heavy (non-hydrogen) atoms. The van der Waals surface area contributed by atoms with E-state index in [1.54, 1.807) is 13.0 Å². The van der Waals surface area contributed by atoms with Crippen molar-refractivity contribution in [3.05, 3.63) is 58.1 Å². The van der Waals surface area contributed by atoms with Crippen LogP contribution in [0.25, 0.3) is 0 Å². The number of sulfonamides is 1. The lowest BCUT2D eigenvalue weighted by Crippen LogP contribution is -2.64. The molecule has 3 fully saturated rings. The van der Waals surface area contributed by atoms with Crippen molar-refractivity contribution in [2.24, 2.45) is 23.7 Å². The first-order valence-electron chi connectivity index (χ1n) is 19.2. The predicted molar refractivity (Wildman–Crippen MR) is 201 cm³/mol. The van der Waals surface area contributed by atoms with Crippen molar-refractivity contribution in [1.82, 2.24) is 9.62 Å². The number of nitrogens with one attached hydrogen (secondary N) is 1. The van der Waals surface area contributed by atoms with E-state index >= 15 is 0 Å². The summed E-state index contributed by atoms with van der Waals surface area (Å²) in [5, 5.41) is 0.00108. The molecule has 5 atom stereocenters. The summed E-state index contributed by atoms with van der Waals surface area (Å²) in [7, 11) is -3.91. The maximum atomic E-state index is 13.6. The van der Waals surface area contributed by atoms with E-state index in [9.17, 15) is 13.2 Å². The molecule has 1 amide bonds. The molecule has 11 heteroatoms. The van der Waals surface area contributed by atoms with E-state index in [2.05, 4.69) is 28.4 Å². The van der Waals surface area contributed by atoms with Crippen LogP contribution in [0.5, 0.6) is 5.75 Å². The van der Waals surface area contributed by atoms with Crippen LogP contribution in [0.4, 0.5) is 5.69 Å². The lowest BCUT2D eigenvalue weighted by atomic mass is 9.65.